The number of rotatable bonds is 4. The monoisotopic (exact) mass is 416 g/mol. The van der Waals surface area contributed by atoms with Crippen molar-refractivity contribution in [1.82, 2.24) is 24.7 Å². The normalized spacial score (nSPS) is 11.3. The van der Waals surface area contributed by atoms with Gasteiger partial charge in [-0.1, -0.05) is 42.0 Å². The zero-order valence-corrected chi connectivity index (χ0v) is 17.6. The highest BCUT2D eigenvalue weighted by Gasteiger charge is 2.13. The summed E-state index contributed by atoms with van der Waals surface area (Å²) in [5.41, 5.74) is 5.68. The van der Waals surface area contributed by atoms with E-state index in [2.05, 4.69) is 47.3 Å². The third kappa shape index (κ3) is 3.77. The maximum atomic E-state index is 12.4. The molecule has 30 heavy (non-hydrogen) atoms. The minimum atomic E-state index is -0.362. The van der Waals surface area contributed by atoms with Crippen LogP contribution in [-0.4, -0.2) is 30.9 Å². The molecule has 2 heterocycles. The largest absolute Gasteiger partial charge is 0.296 e. The third-order valence-electron chi connectivity index (χ3n) is 4.73. The van der Waals surface area contributed by atoms with E-state index in [1.54, 1.807) is 17.8 Å². The van der Waals surface area contributed by atoms with E-state index in [4.69, 9.17) is 17.3 Å². The summed E-state index contributed by atoms with van der Waals surface area (Å²) in [6.45, 7) is 5.72. The fourth-order valence-electron chi connectivity index (χ4n) is 3.18. The molecule has 4 rings (SSSR count). The first-order valence-corrected chi connectivity index (χ1v) is 9.80. The number of aromatic nitrogens is 5. The molecule has 2 aromatic carbocycles. The molecule has 0 aliphatic rings. The molecule has 0 fully saturated rings. The van der Waals surface area contributed by atoms with Crippen molar-refractivity contribution in [1.29, 1.82) is 0 Å². The van der Waals surface area contributed by atoms with Crippen LogP contribution in [0.2, 0.25) is 0 Å². The molecular weight excluding hydrogens is 396 g/mol. The number of hydrogen-bond donors (Lipinski definition) is 1. The summed E-state index contributed by atoms with van der Waals surface area (Å²) in [5, 5.41) is 15.6. The van der Waals surface area contributed by atoms with E-state index in [0.29, 0.717) is 0 Å². The van der Waals surface area contributed by atoms with E-state index in [-0.39, 0.29) is 16.0 Å². The van der Waals surface area contributed by atoms with Gasteiger partial charge < -0.3 is 0 Å². The SMILES string of the molecule is Cc1ccc(-c2nn(-c3ccccc3)cc2/C=N\n2c(=S)[nH]nc(C)c2=O)c(C)c1. The lowest BCUT2D eigenvalue weighted by atomic mass is 10.0. The average Bonchev–Trinajstić information content (AvgIpc) is 3.15. The van der Waals surface area contributed by atoms with Crippen LogP contribution in [0.15, 0.2) is 64.6 Å². The lowest BCUT2D eigenvalue weighted by molar-refractivity contribution is 0.720. The average molecular weight is 417 g/mol. The molecule has 0 amide bonds. The molecule has 4 aromatic rings. The second-order valence-corrected chi connectivity index (χ2v) is 7.39. The molecule has 0 bridgehead atoms. The van der Waals surface area contributed by atoms with Crippen molar-refractivity contribution in [3.8, 4) is 16.9 Å². The Morgan fingerprint density at radius 3 is 2.60 bits per heavy atom. The first-order chi connectivity index (χ1) is 14.4. The van der Waals surface area contributed by atoms with E-state index < -0.39 is 0 Å². The van der Waals surface area contributed by atoms with E-state index in [1.165, 1.54) is 5.56 Å². The number of nitrogens with one attached hydrogen (secondary N) is 1. The zero-order chi connectivity index (χ0) is 21.3. The fourth-order valence-corrected chi connectivity index (χ4v) is 3.36. The van der Waals surface area contributed by atoms with Crippen molar-refractivity contribution < 1.29 is 0 Å². The van der Waals surface area contributed by atoms with Gasteiger partial charge in [0.1, 0.15) is 11.4 Å². The molecule has 8 heteroatoms. The van der Waals surface area contributed by atoms with Crippen molar-refractivity contribution in [2.24, 2.45) is 5.10 Å². The van der Waals surface area contributed by atoms with Crippen LogP contribution in [0.4, 0.5) is 0 Å². The van der Waals surface area contributed by atoms with Crippen molar-refractivity contribution in [2.75, 3.05) is 0 Å². The second kappa shape index (κ2) is 8.00. The van der Waals surface area contributed by atoms with Gasteiger partial charge in [0.25, 0.3) is 5.56 Å². The Labute approximate surface area is 178 Å². The first kappa shape index (κ1) is 19.7. The summed E-state index contributed by atoms with van der Waals surface area (Å²) in [5.74, 6) is 0. The van der Waals surface area contributed by atoms with Gasteiger partial charge in [0, 0.05) is 17.3 Å². The summed E-state index contributed by atoms with van der Waals surface area (Å²) in [6, 6.07) is 16.1. The maximum Gasteiger partial charge on any atom is 0.296 e. The van der Waals surface area contributed by atoms with Crippen molar-refractivity contribution >= 4 is 18.4 Å². The van der Waals surface area contributed by atoms with Gasteiger partial charge in [0.15, 0.2) is 0 Å². The molecule has 0 saturated heterocycles. The number of nitrogens with zero attached hydrogens (tertiary/aromatic N) is 5. The number of hydrogen-bond acceptors (Lipinski definition) is 5. The second-order valence-electron chi connectivity index (χ2n) is 7.01. The lowest BCUT2D eigenvalue weighted by Gasteiger charge is -2.05. The number of para-hydroxylation sites is 1. The summed E-state index contributed by atoms with van der Waals surface area (Å²) < 4.78 is 3.06. The van der Waals surface area contributed by atoms with Crippen LogP contribution in [0.3, 0.4) is 0 Å². The molecule has 0 aliphatic heterocycles. The highest BCUT2D eigenvalue weighted by Crippen LogP contribution is 2.26. The van der Waals surface area contributed by atoms with Crippen molar-refractivity contribution in [2.45, 2.75) is 20.8 Å². The van der Waals surface area contributed by atoms with Crippen LogP contribution in [0.1, 0.15) is 22.4 Å². The van der Waals surface area contributed by atoms with Crippen molar-refractivity contribution in [3.63, 3.8) is 0 Å². The van der Waals surface area contributed by atoms with Gasteiger partial charge in [-0.15, -0.1) is 0 Å². The van der Waals surface area contributed by atoms with Gasteiger partial charge in [-0.25, -0.2) is 4.68 Å². The first-order valence-electron chi connectivity index (χ1n) is 9.39. The van der Waals surface area contributed by atoms with Gasteiger partial charge >= 0.3 is 0 Å². The topological polar surface area (TPSA) is 80.9 Å². The van der Waals surface area contributed by atoms with Crippen LogP contribution in [-0.2, 0) is 0 Å². The van der Waals surface area contributed by atoms with E-state index >= 15 is 0 Å². The lowest BCUT2D eigenvalue weighted by Crippen LogP contribution is -2.22. The molecule has 2 aromatic heterocycles. The molecule has 0 saturated carbocycles. The summed E-state index contributed by atoms with van der Waals surface area (Å²) in [6.07, 6.45) is 3.49. The smallest absolute Gasteiger partial charge is 0.265 e. The zero-order valence-electron chi connectivity index (χ0n) is 16.8. The maximum absolute atomic E-state index is 12.4. The van der Waals surface area contributed by atoms with Crippen LogP contribution < -0.4 is 5.56 Å². The highest BCUT2D eigenvalue weighted by molar-refractivity contribution is 7.71. The van der Waals surface area contributed by atoms with E-state index in [0.717, 1.165) is 32.7 Å². The fraction of sp³-hybridized carbons (Fsp3) is 0.136. The Balaban J connectivity index is 1.88. The summed E-state index contributed by atoms with van der Waals surface area (Å²) in [4.78, 5) is 12.4. The van der Waals surface area contributed by atoms with Gasteiger partial charge in [0.05, 0.1) is 11.9 Å². The minimum absolute atomic E-state index is 0.130. The number of aromatic amines is 1. The van der Waals surface area contributed by atoms with Gasteiger partial charge in [-0.2, -0.15) is 20.0 Å². The van der Waals surface area contributed by atoms with Crippen LogP contribution in [0.25, 0.3) is 16.9 Å². The van der Waals surface area contributed by atoms with Crippen LogP contribution >= 0.6 is 12.2 Å². The number of benzene rings is 2. The molecule has 0 unspecified atom stereocenters. The molecule has 150 valence electrons. The van der Waals surface area contributed by atoms with E-state index in [1.807, 2.05) is 36.5 Å². The third-order valence-corrected chi connectivity index (χ3v) is 4.99. The number of aryl methyl sites for hydroxylation is 3. The summed E-state index contributed by atoms with van der Waals surface area (Å²) in [7, 11) is 0. The Morgan fingerprint density at radius 1 is 1.10 bits per heavy atom. The Bertz CT molecular complexity index is 1360. The van der Waals surface area contributed by atoms with Crippen molar-refractivity contribution in [3.05, 3.63) is 92.2 Å². The predicted octanol–water partition coefficient (Wildman–Crippen LogP) is 3.96. The molecule has 0 radical (unpaired) electrons. The Hall–Kier alpha value is -3.65. The quantitative estimate of drug-likeness (QED) is 0.403. The van der Waals surface area contributed by atoms with Gasteiger partial charge in [-0.05, 0) is 50.7 Å². The molecular formula is C22H20N6OS. The molecule has 1 N–H and O–H groups in total. The van der Waals surface area contributed by atoms with Gasteiger partial charge in [0.2, 0.25) is 4.77 Å². The number of H-pyrrole nitrogens is 1. The molecule has 0 spiro atoms. The Kier molecular flexibility index (Phi) is 5.24. The molecule has 0 aliphatic carbocycles. The molecule has 0 atom stereocenters. The van der Waals surface area contributed by atoms with Gasteiger partial charge in [-0.3, -0.25) is 9.89 Å². The van der Waals surface area contributed by atoms with Crippen LogP contribution in [0, 0.1) is 25.5 Å². The van der Waals surface area contributed by atoms with Crippen LogP contribution in [0.5, 0.6) is 0 Å². The predicted molar refractivity (Wildman–Crippen MR) is 120 cm³/mol. The Morgan fingerprint density at radius 2 is 1.87 bits per heavy atom. The molecule has 7 nitrogen and oxygen atoms in total. The van der Waals surface area contributed by atoms with E-state index in [9.17, 15) is 4.79 Å². The standard InChI is InChI=1S/C22H20N6OS/c1-14-9-10-19(15(2)11-14)20-17(13-27(26-20)18-7-5-4-6-8-18)12-23-28-21(29)16(3)24-25-22(28)30/h4-13H,1-3H3,(H,25,30)/b23-12-. The minimum Gasteiger partial charge on any atom is -0.265 e. The highest BCUT2D eigenvalue weighted by atomic mass is 32.1. The summed E-state index contributed by atoms with van der Waals surface area (Å²) >= 11 is 5.17.